The van der Waals surface area contributed by atoms with Crippen LogP contribution in [-0.2, 0) is 0 Å². The molecule has 4 rings (SSSR count). The molecule has 0 aliphatic heterocycles. The lowest BCUT2D eigenvalue weighted by atomic mass is 9.83. The Kier molecular flexibility index (Phi) is 6.05. The molecule has 162 valence electrons. The molecule has 0 aromatic heterocycles. The molecule has 0 aliphatic carbocycles. The summed E-state index contributed by atoms with van der Waals surface area (Å²) in [5.74, 6) is 0. The first-order valence-electron chi connectivity index (χ1n) is 11.1. The van der Waals surface area contributed by atoms with Gasteiger partial charge in [-0.1, -0.05) is 60.7 Å². The fourth-order valence-corrected chi connectivity index (χ4v) is 4.41. The molecule has 4 aromatic rings. The zero-order chi connectivity index (χ0) is 22.8. The number of aryl methyl sites for hydroxylation is 2. The highest BCUT2D eigenvalue weighted by atomic mass is 15.1. The molecule has 2 nitrogen and oxygen atoms in total. The second-order valence-electron chi connectivity index (χ2n) is 8.89. The maximum absolute atomic E-state index is 2.33. The Labute approximate surface area is 192 Å². The van der Waals surface area contributed by atoms with E-state index in [0.29, 0.717) is 0 Å². The normalized spacial score (nSPS) is 10.8. The standard InChI is InChI=1S/C30H32N2/c1-21-17-25(31(3)4)19-27(23-13-9-7-10-14-23)29(21)30-22(2)18-26(32(5)6)20-28(30)24-15-11-8-12-16-24/h7-20H,1-6H3. The largest absolute Gasteiger partial charge is 0.378 e. The number of hydrogen-bond acceptors (Lipinski definition) is 2. The van der Waals surface area contributed by atoms with Crippen LogP contribution in [0.4, 0.5) is 11.4 Å². The average Bonchev–Trinajstić information content (AvgIpc) is 2.79. The van der Waals surface area contributed by atoms with Crippen LogP contribution in [0.2, 0.25) is 0 Å². The molecule has 0 unspecified atom stereocenters. The van der Waals surface area contributed by atoms with Gasteiger partial charge in [-0.25, -0.2) is 0 Å². The Morgan fingerprint density at radius 3 is 1.12 bits per heavy atom. The van der Waals surface area contributed by atoms with Crippen molar-refractivity contribution in [3.63, 3.8) is 0 Å². The van der Waals surface area contributed by atoms with E-state index < -0.39 is 0 Å². The Hall–Kier alpha value is -3.52. The summed E-state index contributed by atoms with van der Waals surface area (Å²) in [6.07, 6.45) is 0. The van der Waals surface area contributed by atoms with Crippen LogP contribution in [0, 0.1) is 13.8 Å². The lowest BCUT2D eigenvalue weighted by molar-refractivity contribution is 1.12. The van der Waals surface area contributed by atoms with Gasteiger partial charge in [0.1, 0.15) is 0 Å². The second kappa shape index (κ2) is 8.92. The predicted octanol–water partition coefficient (Wildman–Crippen LogP) is 7.44. The van der Waals surface area contributed by atoms with Gasteiger partial charge in [0.05, 0.1) is 0 Å². The van der Waals surface area contributed by atoms with E-state index in [-0.39, 0.29) is 0 Å². The Morgan fingerprint density at radius 2 is 0.812 bits per heavy atom. The summed E-state index contributed by atoms with van der Waals surface area (Å²) in [5.41, 5.74) is 12.6. The third kappa shape index (κ3) is 4.13. The predicted molar refractivity (Wildman–Crippen MR) is 141 cm³/mol. The minimum Gasteiger partial charge on any atom is -0.378 e. The molecule has 0 fully saturated rings. The van der Waals surface area contributed by atoms with E-state index in [1.807, 2.05) is 0 Å². The molecular formula is C30H32N2. The molecule has 0 amide bonds. The Balaban J connectivity index is 2.10. The molecule has 4 aromatic carbocycles. The molecule has 0 bridgehead atoms. The van der Waals surface area contributed by atoms with Crippen LogP contribution >= 0.6 is 0 Å². The van der Waals surface area contributed by atoms with Crippen molar-refractivity contribution < 1.29 is 0 Å². The molecule has 0 N–H and O–H groups in total. The van der Waals surface area contributed by atoms with Gasteiger partial charge in [0, 0.05) is 39.6 Å². The summed E-state index contributed by atoms with van der Waals surface area (Å²) in [4.78, 5) is 4.37. The summed E-state index contributed by atoms with van der Waals surface area (Å²) in [6, 6.07) is 30.8. The lowest BCUT2D eigenvalue weighted by Crippen LogP contribution is -2.10. The maximum Gasteiger partial charge on any atom is 0.0370 e. The second-order valence-corrected chi connectivity index (χ2v) is 8.89. The minimum atomic E-state index is 1.22. The highest BCUT2D eigenvalue weighted by Crippen LogP contribution is 2.45. The van der Waals surface area contributed by atoms with Gasteiger partial charge in [0.25, 0.3) is 0 Å². The third-order valence-corrected chi connectivity index (χ3v) is 6.09. The molecule has 32 heavy (non-hydrogen) atoms. The van der Waals surface area contributed by atoms with Gasteiger partial charge in [-0.05, 0) is 82.6 Å². The van der Waals surface area contributed by atoms with Crippen molar-refractivity contribution in [3.8, 4) is 33.4 Å². The Bertz CT molecular complexity index is 1120. The van der Waals surface area contributed by atoms with Gasteiger partial charge in [-0.15, -0.1) is 0 Å². The van der Waals surface area contributed by atoms with Gasteiger partial charge in [0.2, 0.25) is 0 Å². The summed E-state index contributed by atoms with van der Waals surface area (Å²) in [7, 11) is 8.43. The van der Waals surface area contributed by atoms with E-state index in [4.69, 9.17) is 0 Å². The van der Waals surface area contributed by atoms with Gasteiger partial charge in [-0.3, -0.25) is 0 Å². The van der Waals surface area contributed by atoms with E-state index in [1.54, 1.807) is 0 Å². The smallest absolute Gasteiger partial charge is 0.0370 e. The topological polar surface area (TPSA) is 6.48 Å². The lowest BCUT2D eigenvalue weighted by Gasteiger charge is -2.25. The fraction of sp³-hybridized carbons (Fsp3) is 0.200. The number of benzene rings is 4. The number of hydrogen-bond donors (Lipinski definition) is 0. The maximum atomic E-state index is 2.33. The summed E-state index contributed by atoms with van der Waals surface area (Å²) in [5, 5.41) is 0. The molecule has 0 aliphatic rings. The number of nitrogens with zero attached hydrogens (tertiary/aromatic N) is 2. The Morgan fingerprint density at radius 1 is 0.469 bits per heavy atom. The van der Waals surface area contributed by atoms with Crippen LogP contribution in [0.5, 0.6) is 0 Å². The van der Waals surface area contributed by atoms with Crippen molar-refractivity contribution in [2.24, 2.45) is 0 Å². The molecule has 0 radical (unpaired) electrons. The van der Waals surface area contributed by atoms with Crippen molar-refractivity contribution in [1.82, 2.24) is 0 Å². The average molecular weight is 421 g/mol. The van der Waals surface area contributed by atoms with Crippen LogP contribution in [0.1, 0.15) is 11.1 Å². The molecule has 0 spiro atoms. The van der Waals surface area contributed by atoms with Crippen LogP contribution in [-0.4, -0.2) is 28.2 Å². The quantitative estimate of drug-likeness (QED) is 0.331. The van der Waals surface area contributed by atoms with Crippen molar-refractivity contribution in [3.05, 3.63) is 96.1 Å². The summed E-state index contributed by atoms with van der Waals surface area (Å²) in [6.45, 7) is 4.48. The van der Waals surface area contributed by atoms with Crippen LogP contribution in [0.15, 0.2) is 84.9 Å². The molecule has 0 heterocycles. The zero-order valence-corrected chi connectivity index (χ0v) is 20.0. The third-order valence-electron chi connectivity index (χ3n) is 6.09. The summed E-state index contributed by atoms with van der Waals surface area (Å²) >= 11 is 0. The first-order chi connectivity index (χ1) is 15.4. The zero-order valence-electron chi connectivity index (χ0n) is 20.0. The number of anilines is 2. The van der Waals surface area contributed by atoms with Crippen LogP contribution < -0.4 is 9.80 Å². The van der Waals surface area contributed by atoms with E-state index >= 15 is 0 Å². The highest BCUT2D eigenvalue weighted by molar-refractivity contribution is 5.97. The van der Waals surface area contributed by atoms with Crippen LogP contribution in [0.25, 0.3) is 33.4 Å². The van der Waals surface area contributed by atoms with Crippen molar-refractivity contribution >= 4 is 11.4 Å². The van der Waals surface area contributed by atoms with Gasteiger partial charge >= 0.3 is 0 Å². The first kappa shape index (κ1) is 21.7. The highest BCUT2D eigenvalue weighted by Gasteiger charge is 2.20. The molecule has 2 heteroatoms. The minimum absolute atomic E-state index is 1.22. The molecular weight excluding hydrogens is 388 g/mol. The molecule has 0 atom stereocenters. The van der Waals surface area contributed by atoms with E-state index in [2.05, 4.69) is 137 Å². The van der Waals surface area contributed by atoms with Crippen molar-refractivity contribution in [2.45, 2.75) is 13.8 Å². The summed E-state index contributed by atoms with van der Waals surface area (Å²) < 4.78 is 0. The SMILES string of the molecule is Cc1cc(N(C)C)cc(-c2ccccc2)c1-c1c(C)cc(N(C)C)cc1-c1ccccc1. The van der Waals surface area contributed by atoms with Crippen molar-refractivity contribution in [2.75, 3.05) is 38.0 Å². The van der Waals surface area contributed by atoms with Gasteiger partial charge in [-0.2, -0.15) is 0 Å². The van der Waals surface area contributed by atoms with Crippen molar-refractivity contribution in [1.29, 1.82) is 0 Å². The first-order valence-corrected chi connectivity index (χ1v) is 11.1. The number of rotatable bonds is 5. The van der Waals surface area contributed by atoms with Crippen LogP contribution in [0.3, 0.4) is 0 Å². The van der Waals surface area contributed by atoms with E-state index in [0.717, 1.165) is 0 Å². The van der Waals surface area contributed by atoms with Gasteiger partial charge in [0.15, 0.2) is 0 Å². The molecule has 0 saturated heterocycles. The monoisotopic (exact) mass is 420 g/mol. The van der Waals surface area contributed by atoms with E-state index in [9.17, 15) is 0 Å². The van der Waals surface area contributed by atoms with E-state index in [1.165, 1.54) is 55.9 Å². The van der Waals surface area contributed by atoms with Gasteiger partial charge < -0.3 is 9.80 Å². The molecule has 0 saturated carbocycles. The fourth-order valence-electron chi connectivity index (χ4n) is 4.41.